The first-order chi connectivity index (χ1) is 28.8. The van der Waals surface area contributed by atoms with Crippen molar-refractivity contribution in [3.05, 3.63) is 241 Å². The molecule has 2 heterocycles. The highest BCUT2D eigenvalue weighted by molar-refractivity contribution is 6.13. The second-order valence-corrected chi connectivity index (χ2v) is 15.2. The lowest BCUT2D eigenvalue weighted by molar-refractivity contribution is 0.666. The van der Waals surface area contributed by atoms with E-state index in [1.807, 2.05) is 0 Å². The third kappa shape index (κ3) is 4.56. The summed E-state index contributed by atoms with van der Waals surface area (Å²) in [5.41, 5.74) is 15.3. The van der Waals surface area contributed by atoms with E-state index >= 15 is 0 Å². The van der Waals surface area contributed by atoms with Crippen LogP contribution in [0, 0.1) is 0 Å². The summed E-state index contributed by atoms with van der Waals surface area (Å²) in [5, 5.41) is 4.64. The Labute approximate surface area is 336 Å². The molecule has 0 saturated heterocycles. The van der Waals surface area contributed by atoms with E-state index in [-0.39, 0.29) is 0 Å². The van der Waals surface area contributed by atoms with Gasteiger partial charge in [-0.05, 0) is 76.3 Å². The quantitative estimate of drug-likeness (QED) is 0.169. The lowest BCUT2D eigenvalue weighted by atomic mass is 9.68. The average molecular weight is 741 g/mol. The Morgan fingerprint density at radius 2 is 0.983 bits per heavy atom. The minimum Gasteiger partial charge on any atom is -0.454 e. The highest BCUT2D eigenvalue weighted by Crippen LogP contribution is 2.59. The normalized spacial score (nSPS) is 13.0. The van der Waals surface area contributed by atoms with Crippen LogP contribution in [0.15, 0.2) is 223 Å². The van der Waals surface area contributed by atoms with Crippen LogP contribution in [-0.2, 0) is 5.41 Å². The smallest absolute Gasteiger partial charge is 0.159 e. The van der Waals surface area contributed by atoms with Crippen LogP contribution in [0.3, 0.4) is 0 Å². The van der Waals surface area contributed by atoms with E-state index < -0.39 is 5.41 Å². The standard InChI is InChI=1S/C55H36N2O/c1-4-18-37(19-5-1)55(38-20-6-2-7-21-38)46-28-13-10-26-45(46)53-47(55)29-17-32-50(53)56(39-22-8-3-9-23-39)40-34-35-43-44-27-16-33-51(54(44)58-52(43)36-40)57-48-30-14-11-24-41(48)42-25-12-15-31-49(42)57/h1-36H. The van der Waals surface area contributed by atoms with Gasteiger partial charge in [-0.1, -0.05) is 164 Å². The minimum atomic E-state index is -0.501. The van der Waals surface area contributed by atoms with Crippen LogP contribution in [0.2, 0.25) is 0 Å². The van der Waals surface area contributed by atoms with Crippen LogP contribution in [0.4, 0.5) is 17.1 Å². The van der Waals surface area contributed by atoms with Gasteiger partial charge in [-0.25, -0.2) is 0 Å². The van der Waals surface area contributed by atoms with Gasteiger partial charge in [0.25, 0.3) is 0 Å². The molecule has 2 aromatic heterocycles. The molecule has 9 aromatic carbocycles. The third-order valence-corrected chi connectivity index (χ3v) is 12.3. The fourth-order valence-electron chi connectivity index (χ4n) is 9.93. The molecule has 0 fully saturated rings. The predicted molar refractivity (Wildman–Crippen MR) is 240 cm³/mol. The van der Waals surface area contributed by atoms with Gasteiger partial charge in [0.1, 0.15) is 5.58 Å². The SMILES string of the molecule is c1ccc(N(c2ccc3c(c2)oc2c(-n4c5ccccc5c5ccccc54)cccc23)c2cccc3c2-c2ccccc2C3(c2ccccc2)c2ccccc2)cc1. The minimum absolute atomic E-state index is 0.501. The Kier molecular flexibility index (Phi) is 7.14. The Morgan fingerprint density at radius 3 is 1.69 bits per heavy atom. The Hall–Kier alpha value is -7.62. The van der Waals surface area contributed by atoms with Gasteiger partial charge in [-0.2, -0.15) is 0 Å². The molecule has 3 heteroatoms. The molecule has 0 unspecified atom stereocenters. The van der Waals surface area contributed by atoms with Crippen LogP contribution < -0.4 is 4.90 Å². The van der Waals surface area contributed by atoms with Crippen LogP contribution in [0.1, 0.15) is 22.3 Å². The monoisotopic (exact) mass is 740 g/mol. The Balaban J connectivity index is 1.10. The molecular formula is C55H36N2O. The summed E-state index contributed by atoms with van der Waals surface area (Å²) in [6.07, 6.45) is 0. The lowest BCUT2D eigenvalue weighted by Crippen LogP contribution is -2.28. The molecule has 272 valence electrons. The van der Waals surface area contributed by atoms with E-state index in [4.69, 9.17) is 4.42 Å². The van der Waals surface area contributed by atoms with E-state index in [9.17, 15) is 0 Å². The van der Waals surface area contributed by atoms with Crippen LogP contribution >= 0.6 is 0 Å². The fraction of sp³-hybridized carbons (Fsp3) is 0.0182. The van der Waals surface area contributed by atoms with Crippen molar-refractivity contribution >= 4 is 60.8 Å². The number of benzene rings is 9. The van der Waals surface area contributed by atoms with Crippen molar-refractivity contribution in [1.29, 1.82) is 0 Å². The van der Waals surface area contributed by atoms with Crippen molar-refractivity contribution in [3.8, 4) is 16.8 Å². The predicted octanol–water partition coefficient (Wildman–Crippen LogP) is 14.5. The largest absolute Gasteiger partial charge is 0.454 e. The van der Waals surface area contributed by atoms with Gasteiger partial charge < -0.3 is 13.9 Å². The Bertz CT molecular complexity index is 3250. The number of anilines is 3. The third-order valence-electron chi connectivity index (χ3n) is 12.3. The molecule has 0 spiro atoms. The fourth-order valence-corrected chi connectivity index (χ4v) is 9.93. The molecule has 0 saturated carbocycles. The van der Waals surface area contributed by atoms with Gasteiger partial charge >= 0.3 is 0 Å². The van der Waals surface area contributed by atoms with Crippen molar-refractivity contribution in [3.63, 3.8) is 0 Å². The summed E-state index contributed by atoms with van der Waals surface area (Å²) in [6, 6.07) is 79.0. The number of para-hydroxylation sites is 4. The zero-order chi connectivity index (χ0) is 38.2. The highest BCUT2D eigenvalue weighted by atomic mass is 16.3. The molecular weight excluding hydrogens is 705 g/mol. The molecule has 0 aliphatic heterocycles. The summed E-state index contributed by atoms with van der Waals surface area (Å²) >= 11 is 0. The molecule has 0 N–H and O–H groups in total. The molecule has 58 heavy (non-hydrogen) atoms. The number of hydrogen-bond donors (Lipinski definition) is 0. The zero-order valence-corrected chi connectivity index (χ0v) is 31.6. The molecule has 1 aliphatic rings. The highest BCUT2D eigenvalue weighted by Gasteiger charge is 2.47. The lowest BCUT2D eigenvalue weighted by Gasteiger charge is -2.34. The molecule has 0 amide bonds. The van der Waals surface area contributed by atoms with E-state index in [0.717, 1.165) is 55.7 Å². The second kappa shape index (κ2) is 12.7. The molecule has 11 aromatic rings. The first-order valence-electron chi connectivity index (χ1n) is 19.9. The van der Waals surface area contributed by atoms with Crippen LogP contribution in [0.5, 0.6) is 0 Å². The van der Waals surface area contributed by atoms with Gasteiger partial charge in [0.15, 0.2) is 5.58 Å². The molecule has 12 rings (SSSR count). The van der Waals surface area contributed by atoms with Gasteiger partial charge in [0, 0.05) is 44.5 Å². The van der Waals surface area contributed by atoms with Gasteiger partial charge in [0.2, 0.25) is 0 Å². The number of furan rings is 1. The van der Waals surface area contributed by atoms with Crippen molar-refractivity contribution < 1.29 is 4.42 Å². The number of nitrogens with zero attached hydrogens (tertiary/aromatic N) is 2. The van der Waals surface area contributed by atoms with Crippen LogP contribution in [-0.4, -0.2) is 4.57 Å². The second-order valence-electron chi connectivity index (χ2n) is 15.2. The zero-order valence-electron chi connectivity index (χ0n) is 31.6. The number of rotatable bonds is 6. The summed E-state index contributed by atoms with van der Waals surface area (Å²) in [4.78, 5) is 2.40. The number of fused-ring (bicyclic) bond motifs is 9. The first kappa shape index (κ1) is 32.6. The summed E-state index contributed by atoms with van der Waals surface area (Å²) in [5.74, 6) is 0. The number of hydrogen-bond acceptors (Lipinski definition) is 2. The molecule has 0 radical (unpaired) electrons. The van der Waals surface area contributed by atoms with Crippen molar-refractivity contribution in [2.45, 2.75) is 5.41 Å². The van der Waals surface area contributed by atoms with Crippen molar-refractivity contribution in [2.24, 2.45) is 0 Å². The van der Waals surface area contributed by atoms with Crippen LogP contribution in [0.25, 0.3) is 60.6 Å². The number of aromatic nitrogens is 1. The first-order valence-corrected chi connectivity index (χ1v) is 19.9. The average Bonchev–Trinajstić information content (AvgIpc) is 3.94. The molecule has 3 nitrogen and oxygen atoms in total. The van der Waals surface area contributed by atoms with Gasteiger partial charge in [-0.3, -0.25) is 0 Å². The summed E-state index contributed by atoms with van der Waals surface area (Å²) in [6.45, 7) is 0. The van der Waals surface area contributed by atoms with Crippen molar-refractivity contribution in [1.82, 2.24) is 4.57 Å². The maximum Gasteiger partial charge on any atom is 0.159 e. The summed E-state index contributed by atoms with van der Waals surface area (Å²) in [7, 11) is 0. The maximum atomic E-state index is 7.02. The maximum absolute atomic E-state index is 7.02. The topological polar surface area (TPSA) is 21.3 Å². The molecule has 0 atom stereocenters. The van der Waals surface area contributed by atoms with E-state index in [1.165, 1.54) is 44.2 Å². The van der Waals surface area contributed by atoms with E-state index in [1.54, 1.807) is 0 Å². The van der Waals surface area contributed by atoms with Gasteiger partial charge in [0.05, 0.1) is 27.8 Å². The summed E-state index contributed by atoms with van der Waals surface area (Å²) < 4.78 is 9.37. The van der Waals surface area contributed by atoms with E-state index in [0.29, 0.717) is 0 Å². The van der Waals surface area contributed by atoms with E-state index in [2.05, 4.69) is 228 Å². The molecule has 1 aliphatic carbocycles. The van der Waals surface area contributed by atoms with Crippen molar-refractivity contribution in [2.75, 3.05) is 4.90 Å². The van der Waals surface area contributed by atoms with Gasteiger partial charge in [-0.15, -0.1) is 0 Å². The Morgan fingerprint density at radius 1 is 0.414 bits per heavy atom. The molecule has 0 bridgehead atoms.